The van der Waals surface area contributed by atoms with E-state index < -0.39 is 23.5 Å². The maximum atomic E-state index is 12.8. The molecule has 11 heteroatoms. The molecule has 0 unspecified atom stereocenters. The predicted octanol–water partition coefficient (Wildman–Crippen LogP) is 2.79. The van der Waals surface area contributed by atoms with Gasteiger partial charge in [0.05, 0.1) is 0 Å². The fourth-order valence-electron chi connectivity index (χ4n) is 4.54. The second-order valence-electron chi connectivity index (χ2n) is 8.37. The van der Waals surface area contributed by atoms with Gasteiger partial charge in [-0.2, -0.15) is 0 Å². The fraction of sp³-hybridized carbons (Fsp3) is 0.292. The van der Waals surface area contributed by atoms with Crippen molar-refractivity contribution < 1.29 is 33.6 Å². The Hall–Kier alpha value is -4.25. The van der Waals surface area contributed by atoms with Gasteiger partial charge in [-0.3, -0.25) is 10.1 Å². The Labute approximate surface area is 199 Å². The van der Waals surface area contributed by atoms with Gasteiger partial charge < -0.3 is 19.9 Å². The zero-order chi connectivity index (χ0) is 24.4. The predicted molar refractivity (Wildman–Crippen MR) is 121 cm³/mol. The van der Waals surface area contributed by atoms with Crippen LogP contribution >= 0.6 is 0 Å². The van der Waals surface area contributed by atoms with Crippen LogP contribution in [0.3, 0.4) is 0 Å². The van der Waals surface area contributed by atoms with Crippen LogP contribution < -0.4 is 10.6 Å². The first-order chi connectivity index (χ1) is 17.0. The summed E-state index contributed by atoms with van der Waals surface area (Å²) in [5, 5.41) is 21.6. The fourth-order valence-corrected chi connectivity index (χ4v) is 4.54. The van der Waals surface area contributed by atoms with Crippen LogP contribution in [0.25, 0.3) is 11.1 Å². The number of aliphatic carboxylic acids is 1. The third-order valence-corrected chi connectivity index (χ3v) is 6.38. The van der Waals surface area contributed by atoms with Crippen molar-refractivity contribution in [3.8, 4) is 11.1 Å². The first-order valence-corrected chi connectivity index (χ1v) is 11.1. The maximum Gasteiger partial charge on any atom is 0.412 e. The highest BCUT2D eigenvalue weighted by molar-refractivity contribution is 6.01. The SMILES string of the molecule is O=C(Nc1nonc1C(=O)NC1(C(=O)O)CCOCC1)OCC1c2ccccc2-c2ccccc21. The number of fused-ring (bicyclic) bond motifs is 3. The van der Waals surface area contributed by atoms with Gasteiger partial charge in [0.15, 0.2) is 0 Å². The van der Waals surface area contributed by atoms with Gasteiger partial charge in [-0.05, 0) is 32.6 Å². The Morgan fingerprint density at radius 2 is 1.63 bits per heavy atom. The third-order valence-electron chi connectivity index (χ3n) is 6.38. The molecule has 0 spiro atoms. The number of anilines is 1. The van der Waals surface area contributed by atoms with Crippen LogP contribution in [0, 0.1) is 0 Å². The normalized spacial score (nSPS) is 16.1. The summed E-state index contributed by atoms with van der Waals surface area (Å²) < 4.78 is 15.3. The molecule has 2 aromatic carbocycles. The highest BCUT2D eigenvalue weighted by Crippen LogP contribution is 2.44. The zero-order valence-corrected chi connectivity index (χ0v) is 18.5. The minimum absolute atomic E-state index is 0.0643. The highest BCUT2D eigenvalue weighted by atomic mass is 16.6. The summed E-state index contributed by atoms with van der Waals surface area (Å²) in [5.41, 5.74) is 2.44. The number of rotatable bonds is 6. The van der Waals surface area contributed by atoms with E-state index in [0.717, 1.165) is 22.3 Å². The number of carboxylic acids is 1. The molecule has 2 amide bonds. The van der Waals surface area contributed by atoms with Crippen LogP contribution in [0.4, 0.5) is 10.6 Å². The quantitative estimate of drug-likeness (QED) is 0.485. The van der Waals surface area contributed by atoms with Gasteiger partial charge in [0.25, 0.3) is 5.91 Å². The molecule has 35 heavy (non-hydrogen) atoms. The Morgan fingerprint density at radius 3 is 2.26 bits per heavy atom. The van der Waals surface area contributed by atoms with Crippen molar-refractivity contribution in [2.45, 2.75) is 24.3 Å². The number of carbonyl (C=O) groups is 3. The van der Waals surface area contributed by atoms with Gasteiger partial charge in [0.2, 0.25) is 11.5 Å². The minimum Gasteiger partial charge on any atom is -0.480 e. The summed E-state index contributed by atoms with van der Waals surface area (Å²) in [5.74, 6) is -2.44. The standard InChI is InChI=1S/C24H22N4O7/c29-21(26-24(22(30)31)9-11-33-12-10-24)19-20(28-35-27-19)25-23(32)34-13-18-16-7-3-1-5-14(16)15-6-2-4-8-17(15)18/h1-8,18H,9-13H2,(H,26,29)(H,30,31)(H,25,28,32). The van der Waals surface area contributed by atoms with Crippen LogP contribution in [-0.2, 0) is 14.3 Å². The van der Waals surface area contributed by atoms with Crippen LogP contribution in [0.15, 0.2) is 53.2 Å². The molecule has 1 saturated heterocycles. The van der Waals surface area contributed by atoms with E-state index in [1.165, 1.54) is 0 Å². The van der Waals surface area contributed by atoms with E-state index in [1.807, 2.05) is 48.5 Å². The molecule has 1 aliphatic heterocycles. The molecule has 180 valence electrons. The largest absolute Gasteiger partial charge is 0.480 e. The molecular formula is C24H22N4O7. The van der Waals surface area contributed by atoms with E-state index in [2.05, 4.69) is 25.6 Å². The molecule has 0 bridgehead atoms. The molecule has 11 nitrogen and oxygen atoms in total. The number of nitrogens with zero attached hydrogens (tertiary/aromatic N) is 2. The number of hydrogen-bond acceptors (Lipinski definition) is 8. The molecule has 0 saturated carbocycles. The highest BCUT2D eigenvalue weighted by Gasteiger charge is 2.43. The molecule has 1 aromatic heterocycles. The lowest BCUT2D eigenvalue weighted by atomic mass is 9.90. The van der Waals surface area contributed by atoms with Crippen LogP contribution in [0.5, 0.6) is 0 Å². The van der Waals surface area contributed by atoms with E-state index in [9.17, 15) is 19.5 Å². The number of aromatic nitrogens is 2. The molecular weight excluding hydrogens is 456 g/mol. The van der Waals surface area contributed by atoms with E-state index in [0.29, 0.717) is 0 Å². The molecule has 3 aromatic rings. The summed E-state index contributed by atoms with van der Waals surface area (Å²) in [7, 11) is 0. The van der Waals surface area contributed by atoms with Crippen LogP contribution in [0.2, 0.25) is 0 Å². The van der Waals surface area contributed by atoms with E-state index >= 15 is 0 Å². The number of amides is 2. The van der Waals surface area contributed by atoms with Crippen molar-refractivity contribution in [1.29, 1.82) is 0 Å². The lowest BCUT2D eigenvalue weighted by Crippen LogP contribution is -2.57. The second-order valence-corrected chi connectivity index (χ2v) is 8.37. The smallest absolute Gasteiger partial charge is 0.412 e. The topological polar surface area (TPSA) is 153 Å². The monoisotopic (exact) mass is 478 g/mol. The lowest BCUT2D eigenvalue weighted by molar-refractivity contribution is -0.148. The van der Waals surface area contributed by atoms with Gasteiger partial charge in [-0.15, -0.1) is 0 Å². The van der Waals surface area contributed by atoms with Gasteiger partial charge in [-0.1, -0.05) is 48.5 Å². The molecule has 0 atom stereocenters. The molecule has 1 aliphatic carbocycles. The van der Waals surface area contributed by atoms with Gasteiger partial charge in [0, 0.05) is 32.0 Å². The number of nitrogens with one attached hydrogen (secondary N) is 2. The summed E-state index contributed by atoms with van der Waals surface area (Å²) in [4.78, 5) is 37.1. The van der Waals surface area contributed by atoms with Crippen molar-refractivity contribution >= 4 is 23.8 Å². The number of ether oxygens (including phenoxy) is 2. The molecule has 0 radical (unpaired) electrons. The molecule has 1 fully saturated rings. The Morgan fingerprint density at radius 1 is 1.00 bits per heavy atom. The third kappa shape index (κ3) is 4.21. The van der Waals surface area contributed by atoms with Crippen LogP contribution in [-0.4, -0.2) is 58.7 Å². The number of hydrogen-bond donors (Lipinski definition) is 3. The summed E-state index contributed by atoms with van der Waals surface area (Å²) in [6.07, 6.45) is -0.668. The van der Waals surface area contributed by atoms with E-state index in [4.69, 9.17) is 9.47 Å². The van der Waals surface area contributed by atoms with Gasteiger partial charge in [-0.25, -0.2) is 14.2 Å². The lowest BCUT2D eigenvalue weighted by Gasteiger charge is -2.33. The average Bonchev–Trinajstić information content (AvgIpc) is 3.46. The van der Waals surface area contributed by atoms with E-state index in [-0.39, 0.29) is 50.1 Å². The molecule has 2 heterocycles. The number of benzene rings is 2. The van der Waals surface area contributed by atoms with Crippen molar-refractivity contribution in [2.24, 2.45) is 0 Å². The number of carbonyl (C=O) groups excluding carboxylic acids is 2. The first kappa shape index (κ1) is 22.5. The average molecular weight is 478 g/mol. The van der Waals surface area contributed by atoms with Gasteiger partial charge >= 0.3 is 12.1 Å². The van der Waals surface area contributed by atoms with Crippen molar-refractivity contribution in [3.63, 3.8) is 0 Å². The first-order valence-electron chi connectivity index (χ1n) is 11.1. The van der Waals surface area contributed by atoms with E-state index in [1.54, 1.807) is 0 Å². The van der Waals surface area contributed by atoms with Crippen LogP contribution in [0.1, 0.15) is 40.4 Å². The van der Waals surface area contributed by atoms with Crippen molar-refractivity contribution in [1.82, 2.24) is 15.6 Å². The van der Waals surface area contributed by atoms with Crippen molar-refractivity contribution in [3.05, 3.63) is 65.4 Å². The molecule has 3 N–H and O–H groups in total. The number of carboxylic acid groups (broad SMARTS) is 1. The zero-order valence-electron chi connectivity index (χ0n) is 18.5. The Kier molecular flexibility index (Phi) is 5.91. The van der Waals surface area contributed by atoms with Gasteiger partial charge in [0.1, 0.15) is 12.1 Å². The van der Waals surface area contributed by atoms with Crippen molar-refractivity contribution in [2.75, 3.05) is 25.1 Å². The maximum absolute atomic E-state index is 12.8. The summed E-state index contributed by atoms with van der Waals surface area (Å²) >= 11 is 0. The molecule has 2 aliphatic rings. The summed E-state index contributed by atoms with van der Waals surface area (Å²) in [6.45, 7) is 0.442. The Bertz CT molecular complexity index is 1240. The second kappa shape index (κ2) is 9.18. The molecule has 5 rings (SSSR count). The summed E-state index contributed by atoms with van der Waals surface area (Å²) in [6, 6.07) is 15.9. The Balaban J connectivity index is 1.26. The minimum atomic E-state index is -1.50.